The molecule has 160 valence electrons. The number of carbonyl (C=O) groups excluding carboxylic acids is 1. The molecule has 6 nitrogen and oxygen atoms in total. The van der Waals surface area contributed by atoms with Crippen molar-refractivity contribution in [2.24, 2.45) is 16.1 Å². The van der Waals surface area contributed by atoms with Gasteiger partial charge in [0.05, 0.1) is 30.4 Å². The van der Waals surface area contributed by atoms with Crippen LogP contribution in [0, 0.1) is 16.7 Å². The lowest BCUT2D eigenvalue weighted by atomic mass is 9.68. The summed E-state index contributed by atoms with van der Waals surface area (Å²) in [6.07, 6.45) is 1.13. The van der Waals surface area contributed by atoms with Crippen molar-refractivity contribution in [2.75, 3.05) is 12.0 Å². The van der Waals surface area contributed by atoms with Crippen molar-refractivity contribution in [1.82, 2.24) is 0 Å². The molecule has 0 bridgehead atoms. The third-order valence-corrected chi connectivity index (χ3v) is 6.39. The van der Waals surface area contributed by atoms with Crippen molar-refractivity contribution >= 4 is 17.3 Å². The van der Waals surface area contributed by atoms with E-state index in [4.69, 9.17) is 10.5 Å². The van der Waals surface area contributed by atoms with E-state index in [9.17, 15) is 10.1 Å². The smallest absolute Gasteiger partial charge is 0.162 e. The van der Waals surface area contributed by atoms with E-state index < -0.39 is 5.92 Å². The third kappa shape index (κ3) is 2.93. The Morgan fingerprint density at radius 2 is 1.97 bits per heavy atom. The number of Topliss-reactive ketones (excluding diaryl/α,β-unsaturated/α-hetero) is 1. The lowest BCUT2D eigenvalue weighted by Crippen LogP contribution is -2.42. The largest absolute Gasteiger partial charge is 0.497 e. The van der Waals surface area contributed by atoms with Gasteiger partial charge in [0.25, 0.3) is 0 Å². The van der Waals surface area contributed by atoms with Gasteiger partial charge in [-0.05, 0) is 41.7 Å². The number of benzene rings is 2. The third-order valence-electron chi connectivity index (χ3n) is 6.39. The Labute approximate surface area is 187 Å². The number of nitrogens with two attached hydrogens (primary N) is 1. The Bertz CT molecular complexity index is 1290. The molecule has 0 radical (unpaired) electrons. The van der Waals surface area contributed by atoms with Crippen molar-refractivity contribution in [3.63, 3.8) is 0 Å². The van der Waals surface area contributed by atoms with Crippen LogP contribution in [-0.4, -0.2) is 18.7 Å². The molecule has 3 aliphatic rings. The van der Waals surface area contributed by atoms with Crippen LogP contribution in [0.1, 0.15) is 43.7 Å². The van der Waals surface area contributed by atoms with E-state index in [0.717, 1.165) is 22.5 Å². The number of ether oxygens (including phenoxy) is 1. The van der Waals surface area contributed by atoms with Crippen LogP contribution in [-0.2, 0) is 4.79 Å². The second kappa shape index (κ2) is 7.10. The van der Waals surface area contributed by atoms with Gasteiger partial charge in [-0.3, -0.25) is 9.69 Å². The molecule has 32 heavy (non-hydrogen) atoms. The van der Waals surface area contributed by atoms with Crippen LogP contribution in [0.15, 0.2) is 76.2 Å². The van der Waals surface area contributed by atoms with E-state index in [1.54, 1.807) is 7.11 Å². The molecule has 6 heteroatoms. The minimum Gasteiger partial charge on any atom is -0.497 e. The molecule has 0 spiro atoms. The molecule has 0 aromatic heterocycles. The Morgan fingerprint density at radius 1 is 1.19 bits per heavy atom. The van der Waals surface area contributed by atoms with Crippen molar-refractivity contribution in [2.45, 2.75) is 32.6 Å². The molecule has 0 saturated carbocycles. The van der Waals surface area contributed by atoms with Gasteiger partial charge in [-0.25, -0.2) is 4.99 Å². The first-order chi connectivity index (χ1) is 15.3. The van der Waals surface area contributed by atoms with E-state index in [2.05, 4.69) is 24.9 Å². The fourth-order valence-electron chi connectivity index (χ4n) is 5.05. The number of anilines is 1. The summed E-state index contributed by atoms with van der Waals surface area (Å²) in [4.78, 5) is 20.2. The van der Waals surface area contributed by atoms with Gasteiger partial charge in [0.15, 0.2) is 11.6 Å². The number of methoxy groups -OCH3 is 1. The van der Waals surface area contributed by atoms with Gasteiger partial charge in [-0.2, -0.15) is 5.26 Å². The van der Waals surface area contributed by atoms with Gasteiger partial charge in [0, 0.05) is 23.3 Å². The molecule has 0 unspecified atom stereocenters. The number of fused-ring (bicyclic) bond motifs is 4. The summed E-state index contributed by atoms with van der Waals surface area (Å²) >= 11 is 0. The molecule has 5 rings (SSSR count). The fourth-order valence-corrected chi connectivity index (χ4v) is 5.05. The Hall–Kier alpha value is -3.85. The Morgan fingerprint density at radius 3 is 2.72 bits per heavy atom. The maximum absolute atomic E-state index is 13.6. The Kier molecular flexibility index (Phi) is 4.45. The summed E-state index contributed by atoms with van der Waals surface area (Å²) in [7, 11) is 1.60. The fraction of sp³-hybridized carbons (Fsp3) is 0.269. The lowest BCUT2D eigenvalue weighted by Gasteiger charge is -2.45. The number of hydrogen-bond donors (Lipinski definition) is 1. The summed E-state index contributed by atoms with van der Waals surface area (Å²) in [5, 5.41) is 10.3. The van der Waals surface area contributed by atoms with Gasteiger partial charge >= 0.3 is 0 Å². The second-order valence-electron chi connectivity index (χ2n) is 9.21. The highest BCUT2D eigenvalue weighted by Gasteiger charge is 2.46. The van der Waals surface area contributed by atoms with Gasteiger partial charge in [-0.15, -0.1) is 0 Å². The number of rotatable bonds is 2. The number of ketones is 1. The SMILES string of the molecule is COc1cccc([C@H]2C(C#N)=C3N=C(N)c4ccccc4N3C3=C2C(=O)CC(C)(C)C3)c1. The van der Waals surface area contributed by atoms with Crippen molar-refractivity contribution < 1.29 is 9.53 Å². The number of nitrogens with zero attached hydrogens (tertiary/aromatic N) is 3. The summed E-state index contributed by atoms with van der Waals surface area (Å²) in [6, 6.07) is 17.7. The highest BCUT2D eigenvalue weighted by Crippen LogP contribution is 2.52. The number of hydrogen-bond acceptors (Lipinski definition) is 6. The minimum atomic E-state index is -0.512. The molecule has 2 aromatic rings. The van der Waals surface area contributed by atoms with E-state index in [1.807, 2.05) is 53.4 Å². The first-order valence-electron chi connectivity index (χ1n) is 10.6. The zero-order valence-corrected chi connectivity index (χ0v) is 18.3. The quantitative estimate of drug-likeness (QED) is 0.772. The molecule has 1 aliphatic carbocycles. The van der Waals surface area contributed by atoms with Crippen LogP contribution in [0.4, 0.5) is 5.69 Å². The summed E-state index contributed by atoms with van der Waals surface area (Å²) in [6.45, 7) is 4.21. The monoisotopic (exact) mass is 424 g/mol. The molecule has 0 saturated heterocycles. The topological polar surface area (TPSA) is 91.7 Å². The summed E-state index contributed by atoms with van der Waals surface area (Å²) in [5.41, 5.74) is 10.6. The molecule has 1 atom stereocenters. The highest BCUT2D eigenvalue weighted by molar-refractivity contribution is 6.08. The molecule has 2 heterocycles. The standard InChI is InChI=1S/C26H24N4O2/c1-26(2)12-20-23(21(31)13-26)22(15-7-6-8-16(11-15)32-3)18(14-27)25-29-24(28)17-9-4-5-10-19(17)30(20)25/h4-11,22H,12-13H2,1-3H3,(H2,28,29)/t22-/m0/s1. The van der Waals surface area contributed by atoms with Gasteiger partial charge in [0.2, 0.25) is 0 Å². The zero-order valence-electron chi connectivity index (χ0n) is 18.3. The maximum Gasteiger partial charge on any atom is 0.162 e. The molecular weight excluding hydrogens is 400 g/mol. The van der Waals surface area contributed by atoms with Crippen LogP contribution < -0.4 is 15.4 Å². The molecular formula is C26H24N4O2. The number of para-hydroxylation sites is 1. The minimum absolute atomic E-state index is 0.0656. The number of nitriles is 1. The molecule has 2 aliphatic heterocycles. The van der Waals surface area contributed by atoms with E-state index in [1.165, 1.54) is 0 Å². The number of allylic oxidation sites excluding steroid dienone is 3. The molecule has 2 N–H and O–H groups in total. The maximum atomic E-state index is 13.6. The summed E-state index contributed by atoms with van der Waals surface area (Å²) < 4.78 is 5.42. The normalized spacial score (nSPS) is 21.3. The van der Waals surface area contributed by atoms with Crippen LogP contribution in [0.2, 0.25) is 0 Å². The lowest BCUT2D eigenvalue weighted by molar-refractivity contribution is -0.118. The predicted octanol–water partition coefficient (Wildman–Crippen LogP) is 4.40. The van der Waals surface area contributed by atoms with Crippen LogP contribution >= 0.6 is 0 Å². The van der Waals surface area contributed by atoms with Crippen molar-refractivity contribution in [1.29, 1.82) is 5.26 Å². The molecule has 2 aromatic carbocycles. The van der Waals surface area contributed by atoms with Gasteiger partial charge in [-0.1, -0.05) is 38.1 Å². The number of aliphatic imine (C=N–C) groups is 1. The van der Waals surface area contributed by atoms with Crippen LogP contribution in [0.3, 0.4) is 0 Å². The van der Waals surface area contributed by atoms with E-state index >= 15 is 0 Å². The van der Waals surface area contributed by atoms with Crippen LogP contribution in [0.5, 0.6) is 5.75 Å². The zero-order chi connectivity index (χ0) is 22.6. The van der Waals surface area contributed by atoms with Crippen molar-refractivity contribution in [3.8, 4) is 11.8 Å². The first-order valence-corrected chi connectivity index (χ1v) is 10.6. The predicted molar refractivity (Wildman–Crippen MR) is 123 cm³/mol. The van der Waals surface area contributed by atoms with Crippen LogP contribution in [0.25, 0.3) is 0 Å². The van der Waals surface area contributed by atoms with Gasteiger partial charge < -0.3 is 10.5 Å². The Balaban J connectivity index is 1.84. The first kappa shape index (κ1) is 20.1. The molecule has 0 fully saturated rings. The van der Waals surface area contributed by atoms with E-state index in [0.29, 0.717) is 41.4 Å². The van der Waals surface area contributed by atoms with E-state index in [-0.39, 0.29) is 11.2 Å². The molecule has 0 amide bonds. The second-order valence-corrected chi connectivity index (χ2v) is 9.21. The number of carbonyl (C=O) groups is 1. The van der Waals surface area contributed by atoms with Gasteiger partial charge in [0.1, 0.15) is 11.6 Å². The highest BCUT2D eigenvalue weighted by atomic mass is 16.5. The number of amidine groups is 1. The average molecular weight is 425 g/mol. The average Bonchev–Trinajstić information content (AvgIpc) is 2.77. The van der Waals surface area contributed by atoms with Crippen molar-refractivity contribution in [3.05, 3.63) is 82.3 Å². The summed E-state index contributed by atoms with van der Waals surface area (Å²) in [5.74, 6) is 1.10.